The first kappa shape index (κ1) is 13.1. The quantitative estimate of drug-likeness (QED) is 0.609. The van der Waals surface area contributed by atoms with E-state index in [0.717, 1.165) is 0 Å². The molecule has 0 aliphatic carbocycles. The van der Waals surface area contributed by atoms with E-state index in [1.54, 1.807) is 0 Å². The van der Waals surface area contributed by atoms with Crippen LogP contribution in [0.2, 0.25) is 0 Å². The lowest BCUT2D eigenvalue weighted by Gasteiger charge is -2.03. The molecule has 90 valence electrons. The van der Waals surface area contributed by atoms with Crippen LogP contribution in [0.25, 0.3) is 0 Å². The molecule has 1 N–H and O–H groups in total. The van der Waals surface area contributed by atoms with Gasteiger partial charge in [0.15, 0.2) is 5.75 Å². The van der Waals surface area contributed by atoms with Gasteiger partial charge in [-0.1, -0.05) is 12.1 Å². The molecule has 0 saturated carbocycles. The maximum Gasteiger partial charge on any atom is 0.269 e. The molecule has 0 atom stereocenters. The van der Waals surface area contributed by atoms with Gasteiger partial charge in [0.25, 0.3) is 5.69 Å². The summed E-state index contributed by atoms with van der Waals surface area (Å²) >= 11 is 0. The first-order valence-electron chi connectivity index (χ1n) is 4.52. The summed E-state index contributed by atoms with van der Waals surface area (Å²) in [5, 5.41) is 18.6. The van der Waals surface area contributed by atoms with E-state index >= 15 is 0 Å². The highest BCUT2D eigenvalue weighted by Gasteiger charge is 2.09. The summed E-state index contributed by atoms with van der Waals surface area (Å²) in [4.78, 5) is 9.83. The largest absolute Gasteiger partial charge is 0.269 e. The molecule has 0 radical (unpaired) electrons. The van der Waals surface area contributed by atoms with Crippen molar-refractivity contribution in [2.24, 2.45) is 0 Å². The van der Waals surface area contributed by atoms with Gasteiger partial charge in [-0.3, -0.25) is 10.1 Å². The first-order valence-corrected chi connectivity index (χ1v) is 6.17. The summed E-state index contributed by atoms with van der Waals surface area (Å²) in [6, 6.07) is 7.00. The first-order chi connectivity index (χ1) is 7.94. The van der Waals surface area contributed by atoms with E-state index in [-0.39, 0.29) is 12.2 Å². The number of benzene rings is 1. The van der Waals surface area contributed by atoms with E-state index in [2.05, 4.69) is 4.72 Å². The van der Waals surface area contributed by atoms with E-state index in [4.69, 9.17) is 5.26 Å². The van der Waals surface area contributed by atoms with Crippen LogP contribution in [0.4, 0.5) is 5.69 Å². The average molecular weight is 255 g/mol. The summed E-state index contributed by atoms with van der Waals surface area (Å²) in [6.07, 6.45) is 0. The lowest BCUT2D eigenvalue weighted by molar-refractivity contribution is -0.384. The van der Waals surface area contributed by atoms with Crippen molar-refractivity contribution in [2.45, 2.75) is 6.54 Å². The fourth-order valence-corrected chi connectivity index (χ4v) is 1.72. The SMILES string of the molecule is N#CCS(=O)(=O)NCc1ccc([N+](=O)[O-])cc1. The maximum absolute atomic E-state index is 11.1. The molecule has 0 aliphatic heterocycles. The summed E-state index contributed by atoms with van der Waals surface area (Å²) in [5.74, 6) is -0.611. The number of hydrogen-bond acceptors (Lipinski definition) is 5. The molecule has 1 aromatic rings. The molecule has 0 fully saturated rings. The van der Waals surface area contributed by atoms with Crippen LogP contribution in [0.5, 0.6) is 0 Å². The standard InChI is InChI=1S/C9H9N3O4S/c10-5-6-17(15,16)11-7-8-1-3-9(4-2-8)12(13)14/h1-4,11H,6-7H2. The smallest absolute Gasteiger partial charge is 0.258 e. The molecule has 0 bridgehead atoms. The van der Waals surface area contributed by atoms with Gasteiger partial charge in [0.05, 0.1) is 11.0 Å². The average Bonchev–Trinajstić information content (AvgIpc) is 2.27. The normalized spacial score (nSPS) is 10.8. The molecule has 0 unspecified atom stereocenters. The highest BCUT2D eigenvalue weighted by molar-refractivity contribution is 7.89. The number of nitriles is 1. The Kier molecular flexibility index (Phi) is 4.14. The molecule has 0 saturated heterocycles. The van der Waals surface area contributed by atoms with Gasteiger partial charge in [-0.25, -0.2) is 13.1 Å². The minimum atomic E-state index is -3.60. The molecular weight excluding hydrogens is 246 g/mol. The highest BCUT2D eigenvalue weighted by Crippen LogP contribution is 2.11. The monoisotopic (exact) mass is 255 g/mol. The number of nitro benzene ring substituents is 1. The molecule has 0 heterocycles. The van der Waals surface area contributed by atoms with Crippen LogP contribution < -0.4 is 4.72 Å². The second-order valence-electron chi connectivity index (χ2n) is 3.16. The Morgan fingerprint density at radius 1 is 1.35 bits per heavy atom. The van der Waals surface area contributed by atoms with Gasteiger partial charge < -0.3 is 0 Å². The van der Waals surface area contributed by atoms with Crippen LogP contribution in [-0.4, -0.2) is 19.1 Å². The van der Waals surface area contributed by atoms with Crippen molar-refractivity contribution < 1.29 is 13.3 Å². The molecule has 0 aromatic heterocycles. The number of hydrogen-bond donors (Lipinski definition) is 1. The zero-order valence-electron chi connectivity index (χ0n) is 8.66. The molecule has 1 rings (SSSR count). The van der Waals surface area contributed by atoms with Gasteiger partial charge in [0, 0.05) is 18.7 Å². The van der Waals surface area contributed by atoms with E-state index < -0.39 is 20.7 Å². The van der Waals surface area contributed by atoms with Crippen molar-refractivity contribution in [1.82, 2.24) is 4.72 Å². The third kappa shape index (κ3) is 4.18. The Bertz CT molecular complexity index is 545. The summed E-state index contributed by atoms with van der Waals surface area (Å²) in [5.41, 5.74) is 0.519. The summed E-state index contributed by atoms with van der Waals surface area (Å²) in [6.45, 7) is 0.00199. The Morgan fingerprint density at radius 2 is 1.94 bits per heavy atom. The molecule has 17 heavy (non-hydrogen) atoms. The van der Waals surface area contributed by atoms with Crippen LogP contribution in [0.3, 0.4) is 0 Å². The minimum Gasteiger partial charge on any atom is -0.258 e. The van der Waals surface area contributed by atoms with Gasteiger partial charge in [-0.2, -0.15) is 5.26 Å². The van der Waals surface area contributed by atoms with Crippen LogP contribution in [0.1, 0.15) is 5.56 Å². The van der Waals surface area contributed by atoms with Gasteiger partial charge in [-0.05, 0) is 5.56 Å². The van der Waals surface area contributed by atoms with E-state index in [1.165, 1.54) is 30.3 Å². The molecule has 0 aliphatic rings. The Balaban J connectivity index is 2.65. The number of nitrogens with zero attached hydrogens (tertiary/aromatic N) is 2. The van der Waals surface area contributed by atoms with E-state index in [0.29, 0.717) is 5.56 Å². The predicted molar refractivity (Wildman–Crippen MR) is 59.3 cm³/mol. The Hall–Kier alpha value is -1.98. The topological polar surface area (TPSA) is 113 Å². The molecule has 1 aromatic carbocycles. The molecule has 0 amide bonds. The lowest BCUT2D eigenvalue weighted by atomic mass is 10.2. The fourth-order valence-electron chi connectivity index (χ4n) is 1.06. The van der Waals surface area contributed by atoms with Gasteiger partial charge in [0.1, 0.15) is 0 Å². The number of nitrogens with one attached hydrogen (secondary N) is 1. The Morgan fingerprint density at radius 3 is 2.41 bits per heavy atom. The number of sulfonamides is 1. The van der Waals surface area contributed by atoms with Crippen molar-refractivity contribution in [3.8, 4) is 6.07 Å². The van der Waals surface area contributed by atoms with Crippen LogP contribution in [0.15, 0.2) is 24.3 Å². The van der Waals surface area contributed by atoms with Crippen molar-refractivity contribution in [2.75, 3.05) is 5.75 Å². The molecular formula is C9H9N3O4S. The van der Waals surface area contributed by atoms with E-state index in [1.807, 2.05) is 0 Å². The molecule has 7 nitrogen and oxygen atoms in total. The van der Waals surface area contributed by atoms with Crippen molar-refractivity contribution >= 4 is 15.7 Å². The Labute approximate surface area is 97.9 Å². The van der Waals surface area contributed by atoms with Crippen molar-refractivity contribution in [1.29, 1.82) is 5.26 Å². The molecule has 8 heteroatoms. The fraction of sp³-hybridized carbons (Fsp3) is 0.222. The van der Waals surface area contributed by atoms with Crippen LogP contribution in [0, 0.1) is 21.4 Å². The van der Waals surface area contributed by atoms with Crippen molar-refractivity contribution in [3.05, 3.63) is 39.9 Å². The lowest BCUT2D eigenvalue weighted by Crippen LogP contribution is -2.25. The summed E-state index contributed by atoms with van der Waals surface area (Å²) < 4.78 is 24.5. The predicted octanol–water partition coefficient (Wildman–Crippen LogP) is 0.538. The zero-order chi connectivity index (χ0) is 12.9. The third-order valence-corrected chi connectivity index (χ3v) is 2.99. The third-order valence-electron chi connectivity index (χ3n) is 1.90. The van der Waals surface area contributed by atoms with Crippen molar-refractivity contribution in [3.63, 3.8) is 0 Å². The van der Waals surface area contributed by atoms with Crippen LogP contribution >= 0.6 is 0 Å². The van der Waals surface area contributed by atoms with Gasteiger partial charge in [0.2, 0.25) is 10.0 Å². The number of non-ortho nitro benzene ring substituents is 1. The summed E-state index contributed by atoms with van der Waals surface area (Å²) in [7, 11) is -3.60. The highest BCUT2D eigenvalue weighted by atomic mass is 32.2. The maximum atomic E-state index is 11.1. The van der Waals surface area contributed by atoms with Gasteiger partial charge in [-0.15, -0.1) is 0 Å². The minimum absolute atomic E-state index is 0.00199. The number of rotatable bonds is 5. The zero-order valence-corrected chi connectivity index (χ0v) is 9.48. The second-order valence-corrected chi connectivity index (χ2v) is 4.97. The second kappa shape index (κ2) is 5.38. The van der Waals surface area contributed by atoms with Gasteiger partial charge >= 0.3 is 0 Å². The molecule has 0 spiro atoms. The van der Waals surface area contributed by atoms with E-state index in [9.17, 15) is 18.5 Å². The number of nitro groups is 1. The van der Waals surface area contributed by atoms with Crippen LogP contribution in [-0.2, 0) is 16.6 Å².